The Morgan fingerprint density at radius 2 is 2.12 bits per heavy atom. The van der Waals surface area contributed by atoms with Gasteiger partial charge in [0.05, 0.1) is 13.2 Å². The first-order valence-electron chi connectivity index (χ1n) is 9.31. The minimum atomic E-state index is 0.0369. The second-order valence-electron chi connectivity index (χ2n) is 7.08. The maximum absolute atomic E-state index is 12.9. The van der Waals surface area contributed by atoms with Gasteiger partial charge >= 0.3 is 0 Å². The number of likely N-dealkylation sites (tertiary alicyclic amines) is 1. The second kappa shape index (κ2) is 7.87. The summed E-state index contributed by atoms with van der Waals surface area (Å²) in [5.74, 6) is 1.09. The van der Waals surface area contributed by atoms with Crippen molar-refractivity contribution in [3.05, 3.63) is 59.8 Å². The van der Waals surface area contributed by atoms with Crippen LogP contribution in [-0.4, -0.2) is 48.2 Å². The number of rotatable bonds is 5. The predicted molar refractivity (Wildman–Crippen MR) is 98.2 cm³/mol. The molecular weight excluding hydrogens is 328 g/mol. The van der Waals surface area contributed by atoms with Gasteiger partial charge in [0.15, 0.2) is 0 Å². The van der Waals surface area contributed by atoms with Crippen LogP contribution in [0.4, 0.5) is 0 Å². The number of hydrogen-bond acceptors (Lipinski definition) is 4. The van der Waals surface area contributed by atoms with E-state index in [2.05, 4.69) is 29.2 Å². The van der Waals surface area contributed by atoms with E-state index in [1.165, 1.54) is 5.56 Å². The van der Waals surface area contributed by atoms with Crippen molar-refractivity contribution < 1.29 is 14.3 Å². The number of carbonyl (C=O) groups is 1. The Bertz CT molecular complexity index is 744. The summed E-state index contributed by atoms with van der Waals surface area (Å²) in [6.07, 6.45) is 4.63. The molecule has 26 heavy (non-hydrogen) atoms. The Balaban J connectivity index is 1.37. The quantitative estimate of drug-likeness (QED) is 0.830. The Labute approximate surface area is 153 Å². The number of carbonyl (C=O) groups excluding carboxylic acids is 1. The molecular formula is C21H24N2O3. The standard InChI is InChI=1S/C21H24N2O3/c24-21(18-6-9-22-20(13-18)26-19-8-11-25-15-19)23-10-7-17(14-23)12-16-4-2-1-3-5-16/h1-6,9,13,17,19H,7-8,10-12,14-15H2. The van der Waals surface area contributed by atoms with Gasteiger partial charge in [0.25, 0.3) is 5.91 Å². The molecule has 0 spiro atoms. The van der Waals surface area contributed by atoms with Crippen molar-refractivity contribution in [2.45, 2.75) is 25.4 Å². The van der Waals surface area contributed by atoms with Crippen LogP contribution < -0.4 is 4.74 Å². The van der Waals surface area contributed by atoms with Crippen LogP contribution in [0.25, 0.3) is 0 Å². The zero-order valence-electron chi connectivity index (χ0n) is 14.8. The Hall–Kier alpha value is -2.40. The van der Waals surface area contributed by atoms with Gasteiger partial charge in [-0.2, -0.15) is 0 Å². The lowest BCUT2D eigenvalue weighted by atomic mass is 9.99. The minimum absolute atomic E-state index is 0.0369. The van der Waals surface area contributed by atoms with E-state index in [1.807, 2.05) is 11.0 Å². The van der Waals surface area contributed by atoms with Crippen molar-refractivity contribution in [3.8, 4) is 5.88 Å². The Kier molecular flexibility index (Phi) is 5.16. The zero-order valence-corrected chi connectivity index (χ0v) is 14.8. The van der Waals surface area contributed by atoms with Crippen LogP contribution in [0.3, 0.4) is 0 Å². The lowest BCUT2D eigenvalue weighted by molar-refractivity contribution is 0.0785. The largest absolute Gasteiger partial charge is 0.472 e. The molecule has 2 aliphatic rings. The lowest BCUT2D eigenvalue weighted by Gasteiger charge is -2.17. The molecule has 2 unspecified atom stereocenters. The van der Waals surface area contributed by atoms with Gasteiger partial charge in [-0.25, -0.2) is 4.98 Å². The molecule has 0 aliphatic carbocycles. The van der Waals surface area contributed by atoms with E-state index in [4.69, 9.17) is 9.47 Å². The van der Waals surface area contributed by atoms with Gasteiger partial charge < -0.3 is 14.4 Å². The van der Waals surface area contributed by atoms with Crippen molar-refractivity contribution in [1.82, 2.24) is 9.88 Å². The second-order valence-corrected chi connectivity index (χ2v) is 7.08. The molecule has 0 N–H and O–H groups in total. The maximum Gasteiger partial charge on any atom is 0.254 e. The Morgan fingerprint density at radius 1 is 1.23 bits per heavy atom. The summed E-state index contributed by atoms with van der Waals surface area (Å²) in [5, 5.41) is 0. The third-order valence-corrected chi connectivity index (χ3v) is 5.10. The molecule has 3 heterocycles. The summed E-state index contributed by atoms with van der Waals surface area (Å²) < 4.78 is 11.1. The monoisotopic (exact) mass is 352 g/mol. The van der Waals surface area contributed by atoms with E-state index in [0.717, 1.165) is 39.0 Å². The van der Waals surface area contributed by atoms with Gasteiger partial charge in [-0.15, -0.1) is 0 Å². The molecule has 1 amide bonds. The summed E-state index contributed by atoms with van der Waals surface area (Å²) in [4.78, 5) is 19.0. The van der Waals surface area contributed by atoms with E-state index >= 15 is 0 Å². The Morgan fingerprint density at radius 3 is 2.92 bits per heavy atom. The summed E-state index contributed by atoms with van der Waals surface area (Å²) >= 11 is 0. The van der Waals surface area contributed by atoms with Crippen molar-refractivity contribution >= 4 is 5.91 Å². The topological polar surface area (TPSA) is 51.7 Å². The summed E-state index contributed by atoms with van der Waals surface area (Å²) in [7, 11) is 0. The van der Waals surface area contributed by atoms with Gasteiger partial charge in [0.1, 0.15) is 6.10 Å². The normalized spacial score (nSPS) is 22.5. The van der Waals surface area contributed by atoms with E-state index in [1.54, 1.807) is 18.3 Å². The lowest BCUT2D eigenvalue weighted by Crippen LogP contribution is -2.29. The van der Waals surface area contributed by atoms with E-state index < -0.39 is 0 Å². The average Bonchev–Trinajstić information content (AvgIpc) is 3.34. The summed E-state index contributed by atoms with van der Waals surface area (Å²) in [5.41, 5.74) is 1.99. The number of hydrogen-bond donors (Lipinski definition) is 0. The van der Waals surface area contributed by atoms with Crippen molar-refractivity contribution in [2.75, 3.05) is 26.3 Å². The third-order valence-electron chi connectivity index (χ3n) is 5.10. The highest BCUT2D eigenvalue weighted by Gasteiger charge is 2.27. The highest BCUT2D eigenvalue weighted by Crippen LogP contribution is 2.23. The molecule has 0 saturated carbocycles. The number of aromatic nitrogens is 1. The van der Waals surface area contributed by atoms with Crippen LogP contribution in [0.5, 0.6) is 5.88 Å². The van der Waals surface area contributed by atoms with Crippen LogP contribution >= 0.6 is 0 Å². The molecule has 2 saturated heterocycles. The number of benzene rings is 1. The van der Waals surface area contributed by atoms with Crippen molar-refractivity contribution in [1.29, 1.82) is 0 Å². The molecule has 0 radical (unpaired) electrons. The molecule has 2 aromatic rings. The van der Waals surface area contributed by atoms with Crippen LogP contribution in [0.2, 0.25) is 0 Å². The minimum Gasteiger partial charge on any atom is -0.472 e. The first kappa shape index (κ1) is 17.0. The molecule has 0 bridgehead atoms. The maximum atomic E-state index is 12.9. The highest BCUT2D eigenvalue weighted by atomic mass is 16.5. The highest BCUT2D eigenvalue weighted by molar-refractivity contribution is 5.94. The first-order chi connectivity index (χ1) is 12.8. The van der Waals surface area contributed by atoms with Crippen molar-refractivity contribution in [3.63, 3.8) is 0 Å². The average molecular weight is 352 g/mol. The molecule has 1 aromatic heterocycles. The molecule has 1 aromatic carbocycles. The molecule has 4 rings (SSSR count). The fourth-order valence-electron chi connectivity index (χ4n) is 3.70. The summed E-state index contributed by atoms with van der Waals surface area (Å²) in [6.45, 7) is 2.93. The van der Waals surface area contributed by atoms with E-state index in [9.17, 15) is 4.79 Å². The molecule has 5 nitrogen and oxygen atoms in total. The van der Waals surface area contributed by atoms with Gasteiger partial charge in [0, 0.05) is 37.3 Å². The van der Waals surface area contributed by atoms with Crippen LogP contribution in [-0.2, 0) is 11.2 Å². The van der Waals surface area contributed by atoms with Gasteiger partial charge in [-0.3, -0.25) is 4.79 Å². The van der Waals surface area contributed by atoms with Gasteiger partial charge in [-0.05, 0) is 30.4 Å². The zero-order chi connectivity index (χ0) is 17.8. The number of amides is 1. The number of pyridine rings is 1. The first-order valence-corrected chi connectivity index (χ1v) is 9.31. The fraction of sp³-hybridized carbons (Fsp3) is 0.429. The number of nitrogens with zero attached hydrogens (tertiary/aromatic N) is 2. The third kappa shape index (κ3) is 4.05. The number of ether oxygens (including phenoxy) is 2. The smallest absolute Gasteiger partial charge is 0.254 e. The fourth-order valence-corrected chi connectivity index (χ4v) is 3.70. The molecule has 2 aliphatic heterocycles. The van der Waals surface area contributed by atoms with Crippen LogP contribution in [0.1, 0.15) is 28.8 Å². The summed E-state index contributed by atoms with van der Waals surface area (Å²) in [6, 6.07) is 14.0. The molecule has 2 fully saturated rings. The van der Waals surface area contributed by atoms with Crippen LogP contribution in [0.15, 0.2) is 48.7 Å². The predicted octanol–water partition coefficient (Wildman–Crippen LogP) is 2.95. The molecule has 2 atom stereocenters. The molecule has 5 heteroatoms. The van der Waals surface area contributed by atoms with E-state index in [0.29, 0.717) is 24.0 Å². The van der Waals surface area contributed by atoms with Gasteiger partial charge in [0.2, 0.25) is 5.88 Å². The molecule has 136 valence electrons. The van der Waals surface area contributed by atoms with Crippen molar-refractivity contribution in [2.24, 2.45) is 5.92 Å². The SMILES string of the molecule is O=C(c1ccnc(OC2CCOC2)c1)N1CCC(Cc2ccccc2)C1. The van der Waals surface area contributed by atoms with E-state index in [-0.39, 0.29) is 12.0 Å². The van der Waals surface area contributed by atoms with Crippen LogP contribution in [0, 0.1) is 5.92 Å². The van der Waals surface area contributed by atoms with Gasteiger partial charge in [-0.1, -0.05) is 30.3 Å².